The summed E-state index contributed by atoms with van der Waals surface area (Å²) in [5.41, 5.74) is 2.73. The summed E-state index contributed by atoms with van der Waals surface area (Å²) >= 11 is 0. The number of nitrogens with one attached hydrogen (secondary N) is 1. The SMILES string of the molecule is CN1CCN(c2ccc(CCCNC(=O)c3cccc([N+](=O)[O-])c3)cc2)CC1. The summed E-state index contributed by atoms with van der Waals surface area (Å²) in [4.78, 5) is 27.2. The summed E-state index contributed by atoms with van der Waals surface area (Å²) in [7, 11) is 2.15. The number of nitro benzene ring substituents is 1. The van der Waals surface area contributed by atoms with Crippen molar-refractivity contribution in [2.45, 2.75) is 12.8 Å². The summed E-state index contributed by atoms with van der Waals surface area (Å²) in [5, 5.41) is 13.6. The number of amides is 1. The number of carbonyl (C=O) groups excluding carboxylic acids is 1. The highest BCUT2D eigenvalue weighted by atomic mass is 16.6. The van der Waals surface area contributed by atoms with E-state index in [4.69, 9.17) is 0 Å². The average molecular weight is 382 g/mol. The van der Waals surface area contributed by atoms with Crippen LogP contribution in [0.2, 0.25) is 0 Å². The van der Waals surface area contributed by atoms with Crippen molar-refractivity contribution in [2.75, 3.05) is 44.7 Å². The van der Waals surface area contributed by atoms with Gasteiger partial charge in [0.15, 0.2) is 0 Å². The van der Waals surface area contributed by atoms with Gasteiger partial charge in [-0.15, -0.1) is 0 Å². The lowest BCUT2D eigenvalue weighted by atomic mass is 10.1. The van der Waals surface area contributed by atoms with Crippen LogP contribution < -0.4 is 10.2 Å². The molecule has 1 saturated heterocycles. The maximum atomic E-state index is 12.1. The van der Waals surface area contributed by atoms with Gasteiger partial charge in [-0.1, -0.05) is 18.2 Å². The molecule has 7 nitrogen and oxygen atoms in total. The first-order chi connectivity index (χ1) is 13.5. The number of nitrogens with zero attached hydrogens (tertiary/aromatic N) is 3. The highest BCUT2D eigenvalue weighted by Gasteiger charge is 2.14. The van der Waals surface area contributed by atoms with Gasteiger partial charge in [0.25, 0.3) is 11.6 Å². The fraction of sp³-hybridized carbons (Fsp3) is 0.381. The first-order valence-electron chi connectivity index (χ1n) is 9.58. The van der Waals surface area contributed by atoms with Gasteiger partial charge in [-0.3, -0.25) is 14.9 Å². The molecule has 1 heterocycles. The maximum Gasteiger partial charge on any atom is 0.270 e. The van der Waals surface area contributed by atoms with Crippen LogP contribution in [-0.4, -0.2) is 55.5 Å². The molecule has 0 unspecified atom stereocenters. The largest absolute Gasteiger partial charge is 0.369 e. The Balaban J connectivity index is 1.43. The number of hydrogen-bond donors (Lipinski definition) is 1. The van der Waals surface area contributed by atoms with Crippen LogP contribution in [0.3, 0.4) is 0 Å². The molecule has 0 bridgehead atoms. The standard InChI is InChI=1S/C21H26N4O3/c1-23-12-14-24(15-13-23)19-9-7-17(8-10-19)4-3-11-22-21(26)18-5-2-6-20(16-18)25(27)28/h2,5-10,16H,3-4,11-15H2,1H3,(H,22,26). The van der Waals surface area contributed by atoms with Crippen molar-refractivity contribution >= 4 is 17.3 Å². The molecule has 1 amide bonds. The van der Waals surface area contributed by atoms with Gasteiger partial charge in [-0.2, -0.15) is 0 Å². The lowest BCUT2D eigenvalue weighted by Gasteiger charge is -2.34. The zero-order valence-electron chi connectivity index (χ0n) is 16.1. The van der Waals surface area contributed by atoms with Crippen molar-refractivity contribution in [1.29, 1.82) is 0 Å². The molecule has 3 rings (SSSR count). The van der Waals surface area contributed by atoms with E-state index in [1.165, 1.54) is 29.4 Å². The molecule has 2 aromatic rings. The van der Waals surface area contributed by atoms with Crippen LogP contribution in [0.5, 0.6) is 0 Å². The molecular weight excluding hydrogens is 356 g/mol. The van der Waals surface area contributed by atoms with Crippen LogP contribution in [0, 0.1) is 10.1 Å². The number of piperazine rings is 1. The molecule has 0 saturated carbocycles. The Labute approximate surface area is 165 Å². The third-order valence-corrected chi connectivity index (χ3v) is 5.05. The van der Waals surface area contributed by atoms with Crippen LogP contribution >= 0.6 is 0 Å². The third-order valence-electron chi connectivity index (χ3n) is 5.05. The van der Waals surface area contributed by atoms with Crippen molar-refractivity contribution in [3.8, 4) is 0 Å². The van der Waals surface area contributed by atoms with Gasteiger partial charge >= 0.3 is 0 Å². The second kappa shape index (κ2) is 9.32. The summed E-state index contributed by atoms with van der Waals surface area (Å²) in [6, 6.07) is 14.4. The fourth-order valence-corrected chi connectivity index (χ4v) is 3.30. The van der Waals surface area contributed by atoms with Gasteiger partial charge in [-0.05, 0) is 43.7 Å². The minimum absolute atomic E-state index is 0.0758. The number of nitro groups is 1. The lowest BCUT2D eigenvalue weighted by Crippen LogP contribution is -2.44. The number of aryl methyl sites for hydroxylation is 1. The number of rotatable bonds is 7. The van der Waals surface area contributed by atoms with Crippen molar-refractivity contribution < 1.29 is 9.72 Å². The molecule has 2 aromatic carbocycles. The molecular formula is C21H26N4O3. The summed E-state index contributed by atoms with van der Waals surface area (Å²) in [5.74, 6) is -0.283. The number of carbonyl (C=O) groups is 1. The smallest absolute Gasteiger partial charge is 0.270 e. The van der Waals surface area contributed by atoms with Gasteiger partial charge in [0.1, 0.15) is 0 Å². The summed E-state index contributed by atoms with van der Waals surface area (Å²) < 4.78 is 0. The average Bonchev–Trinajstić information content (AvgIpc) is 2.72. The molecule has 28 heavy (non-hydrogen) atoms. The second-order valence-electron chi connectivity index (χ2n) is 7.12. The normalized spacial score (nSPS) is 14.7. The van der Waals surface area contributed by atoms with Crippen molar-refractivity contribution in [3.63, 3.8) is 0 Å². The molecule has 148 valence electrons. The monoisotopic (exact) mass is 382 g/mol. The van der Waals surface area contributed by atoms with E-state index in [0.717, 1.165) is 39.0 Å². The molecule has 0 spiro atoms. The molecule has 1 N–H and O–H groups in total. The van der Waals surface area contributed by atoms with E-state index in [0.29, 0.717) is 12.1 Å². The first kappa shape index (κ1) is 19.8. The fourth-order valence-electron chi connectivity index (χ4n) is 3.30. The van der Waals surface area contributed by atoms with Crippen LogP contribution in [0.4, 0.5) is 11.4 Å². The molecule has 0 aliphatic carbocycles. The predicted octanol–water partition coefficient (Wildman–Crippen LogP) is 2.71. The van der Waals surface area contributed by atoms with E-state index < -0.39 is 4.92 Å². The third kappa shape index (κ3) is 5.29. The quantitative estimate of drug-likeness (QED) is 0.453. The predicted molar refractivity (Wildman–Crippen MR) is 110 cm³/mol. The number of anilines is 1. The van der Waals surface area contributed by atoms with Crippen molar-refractivity contribution in [1.82, 2.24) is 10.2 Å². The first-order valence-corrected chi connectivity index (χ1v) is 9.58. The molecule has 1 aliphatic rings. The minimum Gasteiger partial charge on any atom is -0.369 e. The molecule has 0 radical (unpaired) electrons. The molecule has 0 atom stereocenters. The highest BCUT2D eigenvalue weighted by molar-refractivity contribution is 5.94. The Morgan fingerprint density at radius 1 is 1.11 bits per heavy atom. The van der Waals surface area contributed by atoms with Crippen molar-refractivity contribution in [3.05, 3.63) is 69.8 Å². The van der Waals surface area contributed by atoms with E-state index in [1.54, 1.807) is 6.07 Å². The van der Waals surface area contributed by atoms with Crippen LogP contribution in [0.25, 0.3) is 0 Å². The Kier molecular flexibility index (Phi) is 6.60. The van der Waals surface area contributed by atoms with E-state index in [2.05, 4.69) is 46.4 Å². The van der Waals surface area contributed by atoms with Gasteiger partial charge < -0.3 is 15.1 Å². The Bertz CT molecular complexity index is 815. The summed E-state index contributed by atoms with van der Waals surface area (Å²) in [6.07, 6.45) is 1.69. The van der Waals surface area contributed by atoms with Gasteiger partial charge in [0.2, 0.25) is 0 Å². The minimum atomic E-state index is -0.497. The van der Waals surface area contributed by atoms with E-state index in [1.807, 2.05) is 0 Å². The second-order valence-corrected chi connectivity index (χ2v) is 7.12. The number of benzene rings is 2. The Morgan fingerprint density at radius 2 is 1.82 bits per heavy atom. The summed E-state index contributed by atoms with van der Waals surface area (Å²) in [6.45, 7) is 4.82. The number of hydrogen-bond acceptors (Lipinski definition) is 5. The number of likely N-dealkylation sites (N-methyl/N-ethyl adjacent to an activating group) is 1. The van der Waals surface area contributed by atoms with E-state index in [-0.39, 0.29) is 11.6 Å². The van der Waals surface area contributed by atoms with Gasteiger partial charge in [-0.25, -0.2) is 0 Å². The zero-order valence-corrected chi connectivity index (χ0v) is 16.1. The van der Waals surface area contributed by atoms with Crippen LogP contribution in [-0.2, 0) is 6.42 Å². The lowest BCUT2D eigenvalue weighted by molar-refractivity contribution is -0.384. The van der Waals surface area contributed by atoms with Gasteiger partial charge in [0, 0.05) is 56.1 Å². The number of non-ortho nitro benzene ring substituents is 1. The van der Waals surface area contributed by atoms with E-state index in [9.17, 15) is 14.9 Å². The molecule has 1 fully saturated rings. The maximum absolute atomic E-state index is 12.1. The molecule has 7 heteroatoms. The van der Waals surface area contributed by atoms with Crippen molar-refractivity contribution in [2.24, 2.45) is 0 Å². The molecule has 0 aromatic heterocycles. The zero-order chi connectivity index (χ0) is 19.9. The van der Waals surface area contributed by atoms with Crippen LogP contribution in [0.15, 0.2) is 48.5 Å². The highest BCUT2D eigenvalue weighted by Crippen LogP contribution is 2.18. The Hall–Kier alpha value is -2.93. The van der Waals surface area contributed by atoms with Gasteiger partial charge in [0.05, 0.1) is 4.92 Å². The molecule has 1 aliphatic heterocycles. The van der Waals surface area contributed by atoms with E-state index >= 15 is 0 Å². The van der Waals surface area contributed by atoms with Crippen LogP contribution in [0.1, 0.15) is 22.3 Å². The topological polar surface area (TPSA) is 78.7 Å². The Morgan fingerprint density at radius 3 is 2.50 bits per heavy atom.